The van der Waals surface area contributed by atoms with Gasteiger partial charge in [-0.25, -0.2) is 4.57 Å². The van der Waals surface area contributed by atoms with Gasteiger partial charge in [-0.05, 0) is 55.4 Å². The van der Waals surface area contributed by atoms with Crippen molar-refractivity contribution >= 4 is 28.9 Å². The number of hydrogen-bond donors (Lipinski definition) is 1. The number of rotatable bonds is 3. The molecule has 1 saturated heterocycles. The van der Waals surface area contributed by atoms with Crippen molar-refractivity contribution < 1.29 is 9.64 Å². The van der Waals surface area contributed by atoms with Crippen LogP contribution in [0.2, 0.25) is 0 Å². The van der Waals surface area contributed by atoms with Gasteiger partial charge in [0.1, 0.15) is 13.1 Å². The van der Waals surface area contributed by atoms with Crippen LogP contribution in [0.15, 0.2) is 47.3 Å². The van der Waals surface area contributed by atoms with Gasteiger partial charge in [-0.3, -0.25) is 9.20 Å². The normalized spacial score (nSPS) is 15.3. The molecule has 0 unspecified atom stereocenters. The number of aryl methyl sites for hydroxylation is 2. The van der Waals surface area contributed by atoms with E-state index >= 15 is 0 Å². The Morgan fingerprint density at radius 1 is 1.13 bits per heavy atom. The van der Waals surface area contributed by atoms with E-state index in [-0.39, 0.29) is 5.56 Å². The highest BCUT2D eigenvalue weighted by molar-refractivity contribution is 7.71. The number of benzene rings is 2. The fraction of sp³-hybridized carbons (Fsp3) is 0.318. The largest absolute Gasteiger partial charge is 0.370 e. The van der Waals surface area contributed by atoms with Gasteiger partial charge in [0, 0.05) is 0 Å². The van der Waals surface area contributed by atoms with Gasteiger partial charge in [-0.15, -0.1) is 5.10 Å². The van der Waals surface area contributed by atoms with Crippen molar-refractivity contribution in [3.8, 4) is 5.69 Å². The summed E-state index contributed by atoms with van der Waals surface area (Å²) in [7, 11) is 0. The van der Waals surface area contributed by atoms with Gasteiger partial charge in [0.05, 0.1) is 29.8 Å². The lowest BCUT2D eigenvalue weighted by atomic mass is 10.1. The quantitative estimate of drug-likeness (QED) is 0.510. The Labute approximate surface area is 178 Å². The smallest absolute Gasteiger partial charge is 0.267 e. The fourth-order valence-corrected chi connectivity index (χ4v) is 4.41. The molecule has 1 aliphatic rings. The summed E-state index contributed by atoms with van der Waals surface area (Å²) in [5, 5.41) is 5.47. The molecule has 154 valence electrons. The molecule has 0 amide bonds. The lowest BCUT2D eigenvalue weighted by molar-refractivity contribution is -0.930. The van der Waals surface area contributed by atoms with Gasteiger partial charge < -0.3 is 9.64 Å². The molecule has 2 aromatic carbocycles. The maximum Gasteiger partial charge on any atom is 0.267 e. The number of quaternary nitrogens is 1. The molecule has 0 aliphatic carbocycles. The van der Waals surface area contributed by atoms with E-state index < -0.39 is 0 Å². The van der Waals surface area contributed by atoms with Crippen LogP contribution in [0.3, 0.4) is 0 Å². The van der Waals surface area contributed by atoms with Gasteiger partial charge in [-0.2, -0.15) is 4.68 Å². The average Bonchev–Trinajstić information content (AvgIpc) is 3.07. The Hall–Kier alpha value is -2.81. The maximum absolute atomic E-state index is 13.6. The van der Waals surface area contributed by atoms with Gasteiger partial charge >= 0.3 is 0 Å². The molecule has 4 aromatic rings. The third-order valence-corrected chi connectivity index (χ3v) is 6.17. The monoisotopic (exact) mass is 422 g/mol. The number of morpholine rings is 1. The van der Waals surface area contributed by atoms with Crippen molar-refractivity contribution in [1.29, 1.82) is 0 Å². The molecule has 0 saturated carbocycles. The summed E-state index contributed by atoms with van der Waals surface area (Å²) < 4.78 is 11.5. The van der Waals surface area contributed by atoms with Crippen LogP contribution >= 0.6 is 12.2 Å². The summed E-state index contributed by atoms with van der Waals surface area (Å²) in [6.07, 6.45) is 0. The number of aromatic nitrogens is 4. The van der Waals surface area contributed by atoms with E-state index in [4.69, 9.17) is 22.1 Å². The minimum Gasteiger partial charge on any atom is -0.370 e. The van der Waals surface area contributed by atoms with Crippen LogP contribution in [0.4, 0.5) is 0 Å². The Bertz CT molecular complexity index is 1380. The zero-order valence-corrected chi connectivity index (χ0v) is 17.9. The van der Waals surface area contributed by atoms with Crippen molar-refractivity contribution in [3.63, 3.8) is 0 Å². The zero-order valence-electron chi connectivity index (χ0n) is 17.1. The molecule has 3 heterocycles. The summed E-state index contributed by atoms with van der Waals surface area (Å²) >= 11 is 5.84. The SMILES string of the molecule is Cc1ccc(C)c(-n2c(=O)c3ccccc3n3c(=S)n(C[NH+]4CCOCC4)nc23)c1. The third kappa shape index (κ3) is 3.08. The molecule has 30 heavy (non-hydrogen) atoms. The van der Waals surface area contributed by atoms with Gasteiger partial charge in [-0.1, -0.05) is 24.3 Å². The van der Waals surface area contributed by atoms with E-state index in [1.807, 2.05) is 65.4 Å². The maximum atomic E-state index is 13.6. The lowest BCUT2D eigenvalue weighted by Crippen LogP contribution is -3.13. The highest BCUT2D eigenvalue weighted by Crippen LogP contribution is 2.20. The zero-order chi connectivity index (χ0) is 20.8. The molecule has 0 radical (unpaired) electrons. The van der Waals surface area contributed by atoms with Crippen LogP contribution < -0.4 is 10.5 Å². The fourth-order valence-electron chi connectivity index (χ4n) is 4.12. The van der Waals surface area contributed by atoms with Crippen LogP contribution in [0, 0.1) is 18.6 Å². The summed E-state index contributed by atoms with van der Waals surface area (Å²) in [6.45, 7) is 8.01. The lowest BCUT2D eigenvalue weighted by Gasteiger charge is -2.23. The first-order valence-electron chi connectivity index (χ1n) is 10.2. The minimum absolute atomic E-state index is 0.0855. The first kappa shape index (κ1) is 19.2. The molecule has 1 fully saturated rings. The number of nitrogens with one attached hydrogen (secondary N) is 1. The average molecular weight is 423 g/mol. The molecular formula is C22H24N5O2S+. The molecule has 7 nitrogen and oxygen atoms in total. The van der Waals surface area contributed by atoms with Gasteiger partial charge in [0.15, 0.2) is 6.67 Å². The Kier molecular flexibility index (Phi) is 4.77. The predicted octanol–water partition coefficient (Wildman–Crippen LogP) is 1.66. The topological polar surface area (TPSA) is 57.9 Å². The number of nitrogens with zero attached hydrogens (tertiary/aromatic N) is 4. The van der Waals surface area contributed by atoms with E-state index in [9.17, 15) is 4.79 Å². The number of para-hydroxylation sites is 1. The molecule has 1 aliphatic heterocycles. The van der Waals surface area contributed by atoms with E-state index in [0.29, 0.717) is 22.6 Å². The third-order valence-electron chi connectivity index (χ3n) is 5.78. The predicted molar refractivity (Wildman–Crippen MR) is 118 cm³/mol. The van der Waals surface area contributed by atoms with Crippen LogP contribution in [0.25, 0.3) is 22.4 Å². The summed E-state index contributed by atoms with van der Waals surface area (Å²) in [5.74, 6) is 0.546. The highest BCUT2D eigenvalue weighted by Gasteiger charge is 2.21. The van der Waals surface area contributed by atoms with Crippen molar-refractivity contribution in [2.45, 2.75) is 20.5 Å². The Morgan fingerprint density at radius 2 is 1.90 bits per heavy atom. The Morgan fingerprint density at radius 3 is 2.70 bits per heavy atom. The van der Waals surface area contributed by atoms with Crippen molar-refractivity contribution in [2.75, 3.05) is 26.3 Å². The first-order valence-corrected chi connectivity index (χ1v) is 10.6. The number of fused-ring (bicyclic) bond motifs is 3. The van der Waals surface area contributed by atoms with Gasteiger partial charge in [0.25, 0.3) is 5.56 Å². The van der Waals surface area contributed by atoms with Crippen LogP contribution in [-0.4, -0.2) is 45.1 Å². The van der Waals surface area contributed by atoms with Crippen LogP contribution in [0.1, 0.15) is 11.1 Å². The van der Waals surface area contributed by atoms with E-state index in [2.05, 4.69) is 0 Å². The number of hydrogen-bond acceptors (Lipinski definition) is 4. The second-order valence-corrected chi connectivity index (χ2v) is 8.25. The van der Waals surface area contributed by atoms with E-state index in [1.54, 1.807) is 4.57 Å². The summed E-state index contributed by atoms with van der Waals surface area (Å²) in [5.41, 5.74) is 3.63. The van der Waals surface area contributed by atoms with Crippen molar-refractivity contribution in [2.24, 2.45) is 0 Å². The molecule has 1 N–H and O–H groups in total. The second kappa shape index (κ2) is 7.46. The van der Waals surface area contributed by atoms with Crippen molar-refractivity contribution in [1.82, 2.24) is 18.7 Å². The molecule has 0 bridgehead atoms. The Balaban J connectivity index is 1.83. The summed E-state index contributed by atoms with van der Waals surface area (Å²) in [6, 6.07) is 13.7. The van der Waals surface area contributed by atoms with Crippen LogP contribution in [0.5, 0.6) is 0 Å². The summed E-state index contributed by atoms with van der Waals surface area (Å²) in [4.78, 5) is 14.9. The van der Waals surface area contributed by atoms with E-state index in [0.717, 1.165) is 48.6 Å². The molecule has 0 spiro atoms. The number of ether oxygens (including phenoxy) is 1. The second-order valence-electron chi connectivity index (χ2n) is 7.89. The molecule has 5 rings (SSSR count). The van der Waals surface area contributed by atoms with Crippen LogP contribution in [-0.2, 0) is 11.4 Å². The van der Waals surface area contributed by atoms with E-state index in [1.165, 1.54) is 4.90 Å². The molecule has 0 atom stereocenters. The molecule has 8 heteroatoms. The molecular weight excluding hydrogens is 398 g/mol. The standard InChI is InChI=1S/C22H23N5O2S/c1-15-7-8-16(2)19(13-15)26-20(28)17-5-3-4-6-18(17)27-21(26)23-25(22(27)30)14-24-9-11-29-12-10-24/h3-8,13H,9-12,14H2,1-2H3/p+1. The molecule has 2 aromatic heterocycles. The van der Waals surface area contributed by atoms with Crippen molar-refractivity contribution in [3.05, 3.63) is 68.7 Å². The highest BCUT2D eigenvalue weighted by atomic mass is 32.1. The first-order chi connectivity index (χ1) is 14.5. The minimum atomic E-state index is -0.0855. The van der Waals surface area contributed by atoms with Gasteiger partial charge in [0.2, 0.25) is 10.5 Å².